The average molecular weight is 341 g/mol. The maximum Gasteiger partial charge on any atom is 0.316 e. The van der Waals surface area contributed by atoms with Gasteiger partial charge in [-0.15, -0.1) is 10.2 Å². The van der Waals surface area contributed by atoms with Gasteiger partial charge in [-0.3, -0.25) is 9.59 Å². The third-order valence-corrected chi connectivity index (χ3v) is 5.29. The summed E-state index contributed by atoms with van der Waals surface area (Å²) in [5, 5.41) is 11.2. The van der Waals surface area contributed by atoms with Crippen LogP contribution in [0.25, 0.3) is 0 Å². The molecule has 0 saturated heterocycles. The molecule has 1 heterocycles. The number of rotatable bonds is 6. The lowest BCUT2D eigenvalue weighted by atomic mass is 9.84. The Bertz CT molecular complexity index is 559. The molecular weight excluding hydrogens is 322 g/mol. The summed E-state index contributed by atoms with van der Waals surface area (Å²) in [5.41, 5.74) is 0. The van der Waals surface area contributed by atoms with E-state index in [1.54, 1.807) is 6.92 Å². The van der Waals surface area contributed by atoms with Gasteiger partial charge in [-0.1, -0.05) is 42.2 Å². The Morgan fingerprint density at radius 1 is 1.41 bits per heavy atom. The minimum Gasteiger partial charge on any atom is -0.465 e. The van der Waals surface area contributed by atoms with Crippen molar-refractivity contribution < 1.29 is 14.3 Å². The van der Waals surface area contributed by atoms with Crippen LogP contribution in [0.4, 0.5) is 5.13 Å². The van der Waals surface area contributed by atoms with Crippen molar-refractivity contribution in [3.63, 3.8) is 0 Å². The van der Waals surface area contributed by atoms with Gasteiger partial charge in [0.05, 0.1) is 12.4 Å². The Hall–Kier alpha value is -1.41. The molecule has 1 aliphatic rings. The molecule has 1 aromatic rings. The lowest BCUT2D eigenvalue weighted by Gasteiger charge is -2.23. The SMILES string of the molecule is CCOC(=O)CSc1nnc(NC(=O)[C@@H]2CC=CC[C@H]2C)s1. The van der Waals surface area contributed by atoms with Crippen molar-refractivity contribution in [3.8, 4) is 0 Å². The quantitative estimate of drug-likeness (QED) is 0.371. The van der Waals surface area contributed by atoms with E-state index in [0.717, 1.165) is 12.8 Å². The summed E-state index contributed by atoms with van der Waals surface area (Å²) < 4.78 is 5.49. The standard InChI is InChI=1S/C14H19N3O3S2/c1-3-20-11(18)8-21-14-17-16-13(22-14)15-12(19)10-7-5-4-6-9(10)2/h4-5,9-10H,3,6-8H2,1-2H3,(H,15,16,19)/t9-,10-/m1/s1. The largest absolute Gasteiger partial charge is 0.465 e. The van der Waals surface area contributed by atoms with E-state index in [1.165, 1.54) is 23.1 Å². The van der Waals surface area contributed by atoms with Crippen LogP contribution in [0.1, 0.15) is 26.7 Å². The fourth-order valence-electron chi connectivity index (χ4n) is 2.16. The number of esters is 1. The molecule has 0 aromatic carbocycles. The molecular formula is C14H19N3O3S2. The van der Waals surface area contributed by atoms with E-state index < -0.39 is 0 Å². The van der Waals surface area contributed by atoms with E-state index >= 15 is 0 Å². The number of aromatic nitrogens is 2. The molecule has 0 unspecified atom stereocenters. The number of carbonyl (C=O) groups excluding carboxylic acids is 2. The summed E-state index contributed by atoms with van der Waals surface area (Å²) in [4.78, 5) is 23.5. The van der Waals surface area contributed by atoms with Crippen molar-refractivity contribution >= 4 is 40.1 Å². The van der Waals surface area contributed by atoms with E-state index in [4.69, 9.17) is 4.74 Å². The molecule has 22 heavy (non-hydrogen) atoms. The molecule has 0 bridgehead atoms. The molecule has 1 aliphatic carbocycles. The van der Waals surface area contributed by atoms with Crippen LogP contribution in [0.5, 0.6) is 0 Å². The first-order valence-electron chi connectivity index (χ1n) is 7.18. The van der Waals surface area contributed by atoms with Crippen molar-refractivity contribution in [3.05, 3.63) is 12.2 Å². The van der Waals surface area contributed by atoms with E-state index in [9.17, 15) is 9.59 Å². The summed E-state index contributed by atoms with van der Waals surface area (Å²) in [5.74, 6) is 0.201. The van der Waals surface area contributed by atoms with Crippen LogP contribution >= 0.6 is 23.1 Å². The van der Waals surface area contributed by atoms with Crippen molar-refractivity contribution in [2.24, 2.45) is 11.8 Å². The molecule has 6 nitrogen and oxygen atoms in total. The second-order valence-corrected chi connectivity index (χ2v) is 7.18. The molecule has 1 N–H and O–H groups in total. The summed E-state index contributed by atoms with van der Waals surface area (Å²) in [6.07, 6.45) is 5.85. The van der Waals surface area contributed by atoms with Gasteiger partial charge in [0, 0.05) is 5.92 Å². The van der Waals surface area contributed by atoms with Crippen LogP contribution in [0.3, 0.4) is 0 Å². The predicted octanol–water partition coefficient (Wildman–Crippen LogP) is 2.73. The number of nitrogens with zero attached hydrogens (tertiary/aromatic N) is 2. The number of anilines is 1. The van der Waals surface area contributed by atoms with Gasteiger partial charge in [-0.2, -0.15) is 0 Å². The minimum absolute atomic E-state index is 0.0186. The first-order chi connectivity index (χ1) is 10.6. The van der Waals surface area contributed by atoms with Crippen molar-refractivity contribution in [1.29, 1.82) is 0 Å². The van der Waals surface area contributed by atoms with Gasteiger partial charge in [0.2, 0.25) is 11.0 Å². The van der Waals surface area contributed by atoms with Crippen LogP contribution in [0.15, 0.2) is 16.5 Å². The van der Waals surface area contributed by atoms with E-state index in [1.807, 2.05) is 6.08 Å². The highest BCUT2D eigenvalue weighted by Gasteiger charge is 2.26. The Kier molecular flexibility index (Phi) is 6.38. The second-order valence-electron chi connectivity index (χ2n) is 4.98. The Morgan fingerprint density at radius 3 is 2.91 bits per heavy atom. The van der Waals surface area contributed by atoms with Gasteiger partial charge in [0.15, 0.2) is 4.34 Å². The molecule has 120 valence electrons. The van der Waals surface area contributed by atoms with E-state index in [-0.39, 0.29) is 23.5 Å². The lowest BCUT2D eigenvalue weighted by Crippen LogP contribution is -2.28. The van der Waals surface area contributed by atoms with Gasteiger partial charge in [-0.25, -0.2) is 0 Å². The van der Waals surface area contributed by atoms with Gasteiger partial charge in [0.1, 0.15) is 0 Å². The van der Waals surface area contributed by atoms with Crippen LogP contribution in [-0.4, -0.2) is 34.4 Å². The number of amides is 1. The summed E-state index contributed by atoms with van der Waals surface area (Å²) in [6, 6.07) is 0. The molecule has 1 amide bonds. The predicted molar refractivity (Wildman–Crippen MR) is 86.9 cm³/mol. The molecule has 8 heteroatoms. The Morgan fingerprint density at radius 2 is 2.18 bits per heavy atom. The number of hydrogen-bond donors (Lipinski definition) is 1. The van der Waals surface area contributed by atoms with Gasteiger partial charge in [0.25, 0.3) is 0 Å². The molecule has 1 aromatic heterocycles. The zero-order valence-electron chi connectivity index (χ0n) is 12.6. The van der Waals surface area contributed by atoms with Gasteiger partial charge < -0.3 is 10.1 Å². The highest BCUT2D eigenvalue weighted by molar-refractivity contribution is 8.01. The number of hydrogen-bond acceptors (Lipinski definition) is 7. The lowest BCUT2D eigenvalue weighted by molar-refractivity contribution is -0.139. The zero-order chi connectivity index (χ0) is 15.9. The highest BCUT2D eigenvalue weighted by atomic mass is 32.2. The van der Waals surface area contributed by atoms with Crippen molar-refractivity contribution in [1.82, 2.24) is 10.2 Å². The maximum absolute atomic E-state index is 12.3. The first kappa shape index (κ1) is 17.0. The van der Waals surface area contributed by atoms with E-state index in [0.29, 0.717) is 22.0 Å². The van der Waals surface area contributed by atoms with Crippen molar-refractivity contribution in [2.45, 2.75) is 31.0 Å². The molecule has 0 aliphatic heterocycles. The maximum atomic E-state index is 12.3. The molecule has 2 atom stereocenters. The van der Waals surface area contributed by atoms with Crippen LogP contribution in [0, 0.1) is 11.8 Å². The molecule has 0 saturated carbocycles. The first-order valence-corrected chi connectivity index (χ1v) is 8.98. The molecule has 0 radical (unpaired) electrons. The van der Waals surface area contributed by atoms with Crippen LogP contribution in [-0.2, 0) is 14.3 Å². The monoisotopic (exact) mass is 341 g/mol. The highest BCUT2D eigenvalue weighted by Crippen LogP contribution is 2.29. The Balaban J connectivity index is 1.85. The number of allylic oxidation sites excluding steroid dienone is 2. The summed E-state index contributed by atoms with van der Waals surface area (Å²) in [6.45, 7) is 4.21. The Labute approximate surface area is 137 Å². The molecule has 2 rings (SSSR count). The normalized spacial score (nSPS) is 20.6. The third-order valence-electron chi connectivity index (χ3n) is 3.34. The fraction of sp³-hybridized carbons (Fsp3) is 0.571. The fourth-order valence-corrected chi connectivity index (χ4v) is 3.71. The zero-order valence-corrected chi connectivity index (χ0v) is 14.2. The number of carbonyl (C=O) groups is 2. The summed E-state index contributed by atoms with van der Waals surface area (Å²) in [7, 11) is 0. The second kappa shape index (κ2) is 8.28. The number of ether oxygens (including phenoxy) is 1. The molecule has 0 spiro atoms. The van der Waals surface area contributed by atoms with Crippen molar-refractivity contribution in [2.75, 3.05) is 17.7 Å². The van der Waals surface area contributed by atoms with Crippen LogP contribution < -0.4 is 5.32 Å². The van der Waals surface area contributed by atoms with E-state index in [2.05, 4.69) is 28.5 Å². The number of thioether (sulfide) groups is 1. The smallest absolute Gasteiger partial charge is 0.316 e. The minimum atomic E-state index is -0.281. The topological polar surface area (TPSA) is 81.2 Å². The summed E-state index contributed by atoms with van der Waals surface area (Å²) >= 11 is 2.53. The average Bonchev–Trinajstić information content (AvgIpc) is 2.93. The van der Waals surface area contributed by atoms with Gasteiger partial charge in [-0.05, 0) is 25.7 Å². The number of nitrogens with one attached hydrogen (secondary N) is 1. The molecule has 0 fully saturated rings. The van der Waals surface area contributed by atoms with Gasteiger partial charge >= 0.3 is 5.97 Å². The van der Waals surface area contributed by atoms with Crippen LogP contribution in [0.2, 0.25) is 0 Å². The third kappa shape index (κ3) is 4.81.